The van der Waals surface area contributed by atoms with E-state index in [0.717, 1.165) is 35.1 Å². The molecule has 6 nitrogen and oxygen atoms in total. The second-order valence-electron chi connectivity index (χ2n) is 8.86. The number of rotatable bonds is 6. The topological polar surface area (TPSA) is 58.4 Å². The predicted octanol–water partition coefficient (Wildman–Crippen LogP) is 4.55. The lowest BCUT2D eigenvalue weighted by Crippen LogP contribution is -2.44. The van der Waals surface area contributed by atoms with Gasteiger partial charge >= 0.3 is 0 Å². The van der Waals surface area contributed by atoms with Crippen molar-refractivity contribution in [2.24, 2.45) is 0 Å². The molecule has 2 aliphatic rings. The first-order valence-electron chi connectivity index (χ1n) is 11.6. The van der Waals surface area contributed by atoms with E-state index >= 15 is 0 Å². The number of aromatic nitrogens is 2. The molecular weight excluding hydrogens is 468 g/mol. The number of hydrogen-bond acceptors (Lipinski definition) is 5. The summed E-state index contributed by atoms with van der Waals surface area (Å²) in [5.74, 6) is -0.0123. The van der Waals surface area contributed by atoms with E-state index in [4.69, 9.17) is 16.6 Å². The van der Waals surface area contributed by atoms with Crippen LogP contribution in [0.1, 0.15) is 30.5 Å². The molecule has 0 N–H and O–H groups in total. The minimum Gasteiger partial charge on any atom is -0.365 e. The van der Waals surface area contributed by atoms with E-state index in [1.807, 2.05) is 66.5 Å². The monoisotopic (exact) mass is 494 g/mol. The van der Waals surface area contributed by atoms with Gasteiger partial charge in [0.05, 0.1) is 30.0 Å². The molecule has 1 amide bonds. The number of nitrogens with zero attached hydrogens (tertiary/aromatic N) is 4. The lowest BCUT2D eigenvalue weighted by atomic mass is 10.0. The van der Waals surface area contributed by atoms with Crippen LogP contribution in [0.25, 0.3) is 5.69 Å². The normalized spacial score (nSPS) is 15.5. The van der Waals surface area contributed by atoms with Crippen molar-refractivity contribution in [2.45, 2.75) is 42.6 Å². The Balaban J connectivity index is 1.40. The third-order valence-electron chi connectivity index (χ3n) is 6.53. The van der Waals surface area contributed by atoms with Gasteiger partial charge in [0.2, 0.25) is 5.91 Å². The molecule has 0 bridgehead atoms. The van der Waals surface area contributed by atoms with Gasteiger partial charge in [-0.15, -0.1) is 0 Å². The van der Waals surface area contributed by atoms with Crippen molar-refractivity contribution in [1.82, 2.24) is 14.5 Å². The van der Waals surface area contributed by atoms with Crippen LogP contribution in [0, 0.1) is 0 Å². The average Bonchev–Trinajstić information content (AvgIpc) is 2.82. The van der Waals surface area contributed by atoms with Gasteiger partial charge in [-0.3, -0.25) is 14.2 Å². The van der Waals surface area contributed by atoms with Crippen molar-refractivity contribution in [1.29, 1.82) is 0 Å². The molecule has 0 atom stereocenters. The standard InChI is InChI=1S/C26H27ClN4O2S/c1-29(19-12-10-18(27)11-13-19)17-24(32)30-15-14-23-22(16-30)25(33)31(20-6-3-2-4-7-20)26(28-23)34-21-8-5-9-21/h2-4,6-7,10-13,21H,5,8-9,14-17H2,1H3. The number of amides is 1. The molecule has 0 spiro atoms. The van der Waals surface area contributed by atoms with E-state index in [-0.39, 0.29) is 24.6 Å². The smallest absolute Gasteiger partial charge is 0.264 e. The molecule has 1 aliphatic heterocycles. The number of anilines is 1. The van der Waals surface area contributed by atoms with Crippen LogP contribution in [0.3, 0.4) is 0 Å². The Morgan fingerprint density at radius 1 is 1.15 bits per heavy atom. The minimum atomic E-state index is -0.0680. The Bertz CT molecular complexity index is 1240. The Morgan fingerprint density at radius 2 is 1.88 bits per heavy atom. The van der Waals surface area contributed by atoms with Crippen LogP contribution in [0.15, 0.2) is 64.5 Å². The summed E-state index contributed by atoms with van der Waals surface area (Å²) in [6.07, 6.45) is 4.15. The number of likely N-dealkylation sites (N-methyl/N-ethyl adjacent to an activating group) is 1. The van der Waals surface area contributed by atoms with E-state index in [1.54, 1.807) is 21.2 Å². The molecule has 0 saturated heterocycles. The maximum atomic E-state index is 13.7. The number of carbonyl (C=O) groups is 1. The summed E-state index contributed by atoms with van der Waals surface area (Å²) in [6, 6.07) is 17.1. The number of halogens is 1. The molecule has 1 fully saturated rings. The number of fused-ring (bicyclic) bond motifs is 1. The summed E-state index contributed by atoms with van der Waals surface area (Å²) in [7, 11) is 1.88. The third kappa shape index (κ3) is 4.72. The zero-order valence-electron chi connectivity index (χ0n) is 19.1. The molecule has 1 aliphatic carbocycles. The highest BCUT2D eigenvalue weighted by Gasteiger charge is 2.29. The molecule has 0 radical (unpaired) electrons. The van der Waals surface area contributed by atoms with E-state index in [2.05, 4.69) is 0 Å². The molecule has 5 rings (SSSR count). The van der Waals surface area contributed by atoms with E-state index in [0.29, 0.717) is 28.8 Å². The largest absolute Gasteiger partial charge is 0.365 e. The van der Waals surface area contributed by atoms with Crippen LogP contribution >= 0.6 is 23.4 Å². The molecule has 1 aromatic heterocycles. The fourth-order valence-electron chi connectivity index (χ4n) is 4.28. The zero-order valence-corrected chi connectivity index (χ0v) is 20.7. The van der Waals surface area contributed by atoms with Crippen molar-refractivity contribution in [3.05, 3.63) is 81.2 Å². The van der Waals surface area contributed by atoms with Gasteiger partial charge in [0.25, 0.3) is 5.56 Å². The number of thioether (sulfide) groups is 1. The van der Waals surface area contributed by atoms with E-state index in [1.165, 1.54) is 6.42 Å². The fourth-order valence-corrected chi connectivity index (χ4v) is 5.73. The van der Waals surface area contributed by atoms with Gasteiger partial charge in [-0.2, -0.15) is 0 Å². The first-order valence-corrected chi connectivity index (χ1v) is 12.9. The summed E-state index contributed by atoms with van der Waals surface area (Å²) >= 11 is 7.69. The Hall–Kier alpha value is -2.77. The molecule has 34 heavy (non-hydrogen) atoms. The molecule has 8 heteroatoms. The lowest BCUT2D eigenvalue weighted by molar-refractivity contribution is -0.130. The molecule has 2 aromatic carbocycles. The predicted molar refractivity (Wildman–Crippen MR) is 137 cm³/mol. The van der Waals surface area contributed by atoms with Crippen LogP contribution in [-0.2, 0) is 17.8 Å². The maximum absolute atomic E-state index is 13.7. The zero-order chi connectivity index (χ0) is 23.7. The number of hydrogen-bond donors (Lipinski definition) is 0. The summed E-state index contributed by atoms with van der Waals surface area (Å²) in [4.78, 5) is 35.4. The Morgan fingerprint density at radius 3 is 2.56 bits per heavy atom. The molecule has 1 saturated carbocycles. The number of carbonyl (C=O) groups excluding carboxylic acids is 1. The van der Waals surface area contributed by atoms with Gasteiger partial charge in [0.1, 0.15) is 0 Å². The number of benzene rings is 2. The van der Waals surface area contributed by atoms with Crippen molar-refractivity contribution in [3.63, 3.8) is 0 Å². The van der Waals surface area contributed by atoms with Crippen LogP contribution in [0.2, 0.25) is 5.02 Å². The molecular formula is C26H27ClN4O2S. The van der Waals surface area contributed by atoms with Gasteiger partial charge in [-0.1, -0.05) is 48.0 Å². The van der Waals surface area contributed by atoms with Crippen molar-refractivity contribution < 1.29 is 4.79 Å². The molecule has 2 heterocycles. The highest BCUT2D eigenvalue weighted by atomic mass is 35.5. The highest BCUT2D eigenvalue weighted by Crippen LogP contribution is 2.36. The minimum absolute atomic E-state index is 0.0123. The van der Waals surface area contributed by atoms with Gasteiger partial charge in [0, 0.05) is 36.0 Å². The summed E-state index contributed by atoms with van der Waals surface area (Å²) in [5.41, 5.74) is 3.11. The van der Waals surface area contributed by atoms with E-state index < -0.39 is 0 Å². The second kappa shape index (κ2) is 9.84. The SMILES string of the molecule is CN(CC(=O)N1CCc2nc(SC3CCC3)n(-c3ccccc3)c(=O)c2C1)c1ccc(Cl)cc1. The van der Waals surface area contributed by atoms with Crippen LogP contribution in [0.4, 0.5) is 5.69 Å². The molecule has 176 valence electrons. The fraction of sp³-hybridized carbons (Fsp3) is 0.346. The number of para-hydroxylation sites is 1. The lowest BCUT2D eigenvalue weighted by Gasteiger charge is -2.31. The van der Waals surface area contributed by atoms with E-state index in [9.17, 15) is 9.59 Å². The van der Waals surface area contributed by atoms with Crippen molar-refractivity contribution >= 4 is 35.0 Å². The van der Waals surface area contributed by atoms with Gasteiger partial charge < -0.3 is 9.80 Å². The van der Waals surface area contributed by atoms with Gasteiger partial charge in [-0.05, 0) is 49.2 Å². The van der Waals surface area contributed by atoms with Crippen LogP contribution < -0.4 is 10.5 Å². The van der Waals surface area contributed by atoms with Gasteiger partial charge in [-0.25, -0.2) is 4.98 Å². The van der Waals surface area contributed by atoms with Crippen LogP contribution in [-0.4, -0.2) is 45.7 Å². The average molecular weight is 495 g/mol. The molecule has 0 unspecified atom stereocenters. The van der Waals surface area contributed by atoms with Crippen molar-refractivity contribution in [3.8, 4) is 5.69 Å². The highest BCUT2D eigenvalue weighted by molar-refractivity contribution is 7.99. The summed E-state index contributed by atoms with van der Waals surface area (Å²) in [6.45, 7) is 1.08. The molecule has 3 aromatic rings. The third-order valence-corrected chi connectivity index (χ3v) is 8.07. The maximum Gasteiger partial charge on any atom is 0.264 e. The quantitative estimate of drug-likeness (QED) is 0.470. The summed E-state index contributed by atoms with van der Waals surface area (Å²) in [5, 5.41) is 1.94. The van der Waals surface area contributed by atoms with Crippen LogP contribution in [0.5, 0.6) is 0 Å². The second-order valence-corrected chi connectivity index (χ2v) is 10.6. The Kier molecular flexibility index (Phi) is 6.66. The van der Waals surface area contributed by atoms with Crippen molar-refractivity contribution in [2.75, 3.05) is 25.0 Å². The first kappa shape index (κ1) is 23.0. The van der Waals surface area contributed by atoms with Gasteiger partial charge in [0.15, 0.2) is 5.16 Å². The summed E-state index contributed by atoms with van der Waals surface area (Å²) < 4.78 is 1.73. The Labute approximate surface area is 208 Å². The first-order chi connectivity index (χ1) is 16.5.